The molecule has 0 saturated heterocycles. The van der Waals surface area contributed by atoms with Gasteiger partial charge in [-0.15, -0.1) is 0 Å². The third-order valence-electron chi connectivity index (χ3n) is 4.64. The van der Waals surface area contributed by atoms with Gasteiger partial charge in [0.2, 0.25) is 5.95 Å². The van der Waals surface area contributed by atoms with Crippen LogP contribution in [0.1, 0.15) is 11.1 Å². The van der Waals surface area contributed by atoms with Crippen molar-refractivity contribution in [3.05, 3.63) is 59.8 Å². The largest absolute Gasteiger partial charge is 0.416 e. The molecule has 0 unspecified atom stereocenters. The molecule has 4 rings (SSSR count). The summed E-state index contributed by atoms with van der Waals surface area (Å²) in [5.41, 5.74) is 0.550. The van der Waals surface area contributed by atoms with E-state index in [1.54, 1.807) is 25.1 Å². The number of aromatic nitrogens is 4. The first-order valence-corrected chi connectivity index (χ1v) is 11.1. The van der Waals surface area contributed by atoms with Gasteiger partial charge in [-0.3, -0.25) is 5.10 Å². The van der Waals surface area contributed by atoms with Gasteiger partial charge in [0.1, 0.15) is 5.82 Å². The van der Waals surface area contributed by atoms with Crippen LogP contribution in [0.4, 0.5) is 36.4 Å². The van der Waals surface area contributed by atoms with Gasteiger partial charge >= 0.3 is 6.18 Å². The van der Waals surface area contributed by atoms with Crippen LogP contribution in [0.15, 0.2) is 53.6 Å². The third-order valence-corrected chi connectivity index (χ3v) is 5.87. The third kappa shape index (κ3) is 4.49. The van der Waals surface area contributed by atoms with Crippen molar-refractivity contribution in [1.82, 2.24) is 20.2 Å². The average molecular weight is 462 g/mol. The lowest BCUT2D eigenvalue weighted by molar-refractivity contribution is -0.137. The molecule has 3 N–H and O–H groups in total. The molecule has 2 heterocycles. The van der Waals surface area contributed by atoms with Crippen molar-refractivity contribution in [2.45, 2.75) is 18.0 Å². The number of nitrogens with zero attached hydrogens (tertiary/aromatic N) is 3. The van der Waals surface area contributed by atoms with Crippen LogP contribution in [0.3, 0.4) is 0 Å². The number of alkyl halides is 3. The van der Waals surface area contributed by atoms with Gasteiger partial charge in [0.25, 0.3) is 0 Å². The minimum absolute atomic E-state index is 0.192. The van der Waals surface area contributed by atoms with Crippen molar-refractivity contribution in [3.8, 4) is 0 Å². The second kappa shape index (κ2) is 7.79. The summed E-state index contributed by atoms with van der Waals surface area (Å²) >= 11 is 0. The van der Waals surface area contributed by atoms with E-state index >= 15 is 0 Å². The van der Waals surface area contributed by atoms with E-state index in [1.165, 1.54) is 18.3 Å². The number of nitrogens with one attached hydrogen (secondary N) is 3. The number of rotatable bonds is 5. The van der Waals surface area contributed by atoms with Crippen molar-refractivity contribution in [3.63, 3.8) is 0 Å². The van der Waals surface area contributed by atoms with E-state index in [1.807, 2.05) is 0 Å². The van der Waals surface area contributed by atoms with Crippen molar-refractivity contribution in [2.75, 3.05) is 16.9 Å². The molecule has 12 heteroatoms. The van der Waals surface area contributed by atoms with Crippen LogP contribution < -0.4 is 10.6 Å². The number of sulfone groups is 1. The number of hydrogen-bond donors (Lipinski definition) is 3. The van der Waals surface area contributed by atoms with E-state index in [-0.39, 0.29) is 16.4 Å². The maximum absolute atomic E-state index is 12.9. The standard InChI is InChI=1S/C20H17F3N6O2S/c1-11-3-5-13(10-16(11)32(2,30)31)25-19-24-8-7-17(27-19)26-18-14-6-4-12(20(21,22)23)9-15(14)28-29-18/h3-10H,1-2H3,(H3,24,25,26,27,28,29). The Hall–Kier alpha value is -3.67. The Balaban J connectivity index is 1.58. The SMILES string of the molecule is Cc1ccc(Nc2nccc(Nc3n[nH]c4cc(C(F)(F)F)ccc34)n2)cc1S(C)(=O)=O. The number of fused-ring (bicyclic) bond motifs is 1. The van der Waals surface area contributed by atoms with Gasteiger partial charge in [0, 0.05) is 23.5 Å². The van der Waals surface area contributed by atoms with Gasteiger partial charge in [0.05, 0.1) is 16.0 Å². The fraction of sp³-hybridized carbons (Fsp3) is 0.150. The number of aromatic amines is 1. The Morgan fingerprint density at radius 3 is 2.53 bits per heavy atom. The molecule has 4 aromatic rings. The van der Waals surface area contributed by atoms with E-state index in [0.29, 0.717) is 28.3 Å². The summed E-state index contributed by atoms with van der Waals surface area (Å²) in [5, 5.41) is 12.9. The van der Waals surface area contributed by atoms with Crippen LogP contribution in [0.2, 0.25) is 0 Å². The summed E-state index contributed by atoms with van der Waals surface area (Å²) in [6.07, 6.45) is -1.85. The summed E-state index contributed by atoms with van der Waals surface area (Å²) in [6, 6.07) is 9.71. The van der Waals surface area contributed by atoms with Crippen LogP contribution in [0.5, 0.6) is 0 Å². The molecule has 0 saturated carbocycles. The number of halogens is 3. The zero-order valence-corrected chi connectivity index (χ0v) is 17.6. The highest BCUT2D eigenvalue weighted by molar-refractivity contribution is 7.90. The number of aryl methyl sites for hydroxylation is 1. The molecule has 166 valence electrons. The number of H-pyrrole nitrogens is 1. The Morgan fingerprint density at radius 2 is 1.81 bits per heavy atom. The Morgan fingerprint density at radius 1 is 1.03 bits per heavy atom. The smallest absolute Gasteiger partial charge is 0.324 e. The van der Waals surface area contributed by atoms with Crippen molar-refractivity contribution >= 4 is 44.0 Å². The number of benzene rings is 2. The molecule has 2 aromatic heterocycles. The molecule has 0 bridgehead atoms. The van der Waals surface area contributed by atoms with Gasteiger partial charge in [0.15, 0.2) is 15.7 Å². The van der Waals surface area contributed by atoms with Crippen molar-refractivity contribution in [1.29, 1.82) is 0 Å². The highest BCUT2D eigenvalue weighted by Crippen LogP contribution is 2.33. The molecule has 0 atom stereocenters. The molecule has 0 aliphatic carbocycles. The summed E-state index contributed by atoms with van der Waals surface area (Å²) in [5.74, 6) is 0.830. The Labute approximate surface area is 180 Å². The molecule has 0 aliphatic heterocycles. The zero-order chi connectivity index (χ0) is 23.1. The first kappa shape index (κ1) is 21.6. The van der Waals surface area contributed by atoms with Gasteiger partial charge in [-0.1, -0.05) is 6.07 Å². The summed E-state index contributed by atoms with van der Waals surface area (Å²) < 4.78 is 62.6. The molecule has 8 nitrogen and oxygen atoms in total. The van der Waals surface area contributed by atoms with E-state index in [9.17, 15) is 21.6 Å². The zero-order valence-electron chi connectivity index (χ0n) is 16.8. The van der Waals surface area contributed by atoms with E-state index in [0.717, 1.165) is 18.4 Å². The van der Waals surface area contributed by atoms with Crippen LogP contribution in [-0.2, 0) is 16.0 Å². The van der Waals surface area contributed by atoms with E-state index < -0.39 is 21.6 Å². The highest BCUT2D eigenvalue weighted by atomic mass is 32.2. The minimum Gasteiger partial charge on any atom is -0.324 e. The van der Waals surface area contributed by atoms with E-state index in [4.69, 9.17) is 0 Å². The minimum atomic E-state index is -4.45. The highest BCUT2D eigenvalue weighted by Gasteiger charge is 2.30. The lowest BCUT2D eigenvalue weighted by Gasteiger charge is -2.10. The fourth-order valence-electron chi connectivity index (χ4n) is 3.11. The molecular weight excluding hydrogens is 445 g/mol. The lowest BCUT2D eigenvalue weighted by Crippen LogP contribution is -2.04. The molecule has 2 aromatic carbocycles. The topological polar surface area (TPSA) is 113 Å². The predicted octanol–water partition coefficient (Wildman–Crippen LogP) is 4.57. The summed E-state index contributed by atoms with van der Waals surface area (Å²) in [6.45, 7) is 1.70. The van der Waals surface area contributed by atoms with Crippen molar-refractivity contribution < 1.29 is 21.6 Å². The first-order valence-electron chi connectivity index (χ1n) is 9.24. The fourth-order valence-corrected chi connectivity index (χ4v) is 4.10. The Bertz CT molecular complexity index is 1420. The summed E-state index contributed by atoms with van der Waals surface area (Å²) in [4.78, 5) is 8.61. The maximum atomic E-state index is 12.9. The Kier molecular flexibility index (Phi) is 5.25. The van der Waals surface area contributed by atoms with Gasteiger partial charge < -0.3 is 10.6 Å². The van der Waals surface area contributed by atoms with Gasteiger partial charge in [-0.25, -0.2) is 13.4 Å². The molecule has 0 aliphatic rings. The van der Waals surface area contributed by atoms with Crippen LogP contribution in [-0.4, -0.2) is 34.8 Å². The normalized spacial score (nSPS) is 12.2. The molecule has 32 heavy (non-hydrogen) atoms. The monoisotopic (exact) mass is 462 g/mol. The van der Waals surface area contributed by atoms with Crippen LogP contribution in [0, 0.1) is 6.92 Å². The lowest BCUT2D eigenvalue weighted by atomic mass is 10.1. The van der Waals surface area contributed by atoms with Crippen molar-refractivity contribution in [2.24, 2.45) is 0 Å². The quantitative estimate of drug-likeness (QED) is 0.398. The number of hydrogen-bond acceptors (Lipinski definition) is 7. The molecule has 0 amide bonds. The second-order valence-corrected chi connectivity index (χ2v) is 9.08. The molecule has 0 spiro atoms. The maximum Gasteiger partial charge on any atom is 0.416 e. The first-order chi connectivity index (χ1) is 15.0. The summed E-state index contributed by atoms with van der Waals surface area (Å²) in [7, 11) is -3.40. The average Bonchev–Trinajstić information content (AvgIpc) is 3.10. The molecule has 0 radical (unpaired) electrons. The predicted molar refractivity (Wildman–Crippen MR) is 114 cm³/mol. The van der Waals surface area contributed by atoms with E-state index in [2.05, 4.69) is 30.8 Å². The van der Waals surface area contributed by atoms with Crippen LogP contribution in [0.25, 0.3) is 10.9 Å². The molecule has 0 fully saturated rings. The van der Waals surface area contributed by atoms with Crippen LogP contribution >= 0.6 is 0 Å². The second-order valence-electron chi connectivity index (χ2n) is 7.10. The van der Waals surface area contributed by atoms with Gasteiger partial charge in [-0.05, 0) is 48.9 Å². The van der Waals surface area contributed by atoms with Gasteiger partial charge in [-0.2, -0.15) is 23.3 Å². The molecular formula is C20H17F3N6O2S. The number of anilines is 4.